The second kappa shape index (κ2) is 6.91. The fraction of sp³-hybridized carbons (Fsp3) is 0.625. The van der Waals surface area contributed by atoms with Crippen molar-refractivity contribution in [1.82, 2.24) is 4.90 Å². The summed E-state index contributed by atoms with van der Waals surface area (Å²) >= 11 is 0. The van der Waals surface area contributed by atoms with Gasteiger partial charge >= 0.3 is 0 Å². The molecule has 2 nitrogen and oxygen atoms in total. The molecule has 1 aromatic carbocycles. The van der Waals surface area contributed by atoms with Crippen LogP contribution in [0.4, 0.5) is 0 Å². The Hall–Kier alpha value is -0.860. The van der Waals surface area contributed by atoms with Gasteiger partial charge in [0.1, 0.15) is 0 Å². The number of nitrogens with zero attached hydrogens (tertiary/aromatic N) is 1. The molecule has 0 unspecified atom stereocenters. The topological polar surface area (TPSA) is 29.3 Å². The lowest BCUT2D eigenvalue weighted by molar-refractivity contribution is 0.255. The molecule has 1 aliphatic rings. The van der Waals surface area contributed by atoms with Gasteiger partial charge in [-0.3, -0.25) is 4.90 Å². The molecule has 0 aromatic heterocycles. The van der Waals surface area contributed by atoms with Crippen LogP contribution >= 0.6 is 0 Å². The standard InChI is InChI=1S/C16H26N2/c1-2-11-18(13-16-7-8-16)12-15-5-3-14(4-6-15)9-10-17/h3-6,16H,2,7-13,17H2,1H3. The summed E-state index contributed by atoms with van der Waals surface area (Å²) in [6.45, 7) is 6.62. The van der Waals surface area contributed by atoms with Crippen molar-refractivity contribution in [3.63, 3.8) is 0 Å². The van der Waals surface area contributed by atoms with Gasteiger partial charge in [-0.2, -0.15) is 0 Å². The molecule has 1 saturated carbocycles. The highest BCUT2D eigenvalue weighted by Crippen LogP contribution is 2.30. The van der Waals surface area contributed by atoms with E-state index in [9.17, 15) is 0 Å². The normalized spacial score (nSPS) is 15.3. The van der Waals surface area contributed by atoms with Gasteiger partial charge in [0.2, 0.25) is 0 Å². The first-order valence-electron chi connectivity index (χ1n) is 7.32. The monoisotopic (exact) mass is 246 g/mol. The van der Waals surface area contributed by atoms with Gasteiger partial charge in [-0.05, 0) is 55.8 Å². The summed E-state index contributed by atoms with van der Waals surface area (Å²) in [5.41, 5.74) is 8.36. The summed E-state index contributed by atoms with van der Waals surface area (Å²) in [6, 6.07) is 8.98. The summed E-state index contributed by atoms with van der Waals surface area (Å²) < 4.78 is 0. The smallest absolute Gasteiger partial charge is 0.0233 e. The van der Waals surface area contributed by atoms with Gasteiger partial charge in [-0.1, -0.05) is 31.2 Å². The Labute approximate surface area is 111 Å². The Morgan fingerprint density at radius 3 is 2.39 bits per heavy atom. The molecule has 2 N–H and O–H groups in total. The Morgan fingerprint density at radius 2 is 1.83 bits per heavy atom. The largest absolute Gasteiger partial charge is 0.330 e. The molecule has 0 bridgehead atoms. The number of nitrogens with two attached hydrogens (primary N) is 1. The van der Waals surface area contributed by atoms with E-state index in [0.29, 0.717) is 0 Å². The molecule has 2 heteroatoms. The molecule has 1 aromatic rings. The van der Waals surface area contributed by atoms with Crippen molar-refractivity contribution in [3.05, 3.63) is 35.4 Å². The van der Waals surface area contributed by atoms with E-state index in [1.807, 2.05) is 0 Å². The van der Waals surface area contributed by atoms with Crippen LogP contribution in [0.5, 0.6) is 0 Å². The molecular weight excluding hydrogens is 220 g/mol. The van der Waals surface area contributed by atoms with Crippen molar-refractivity contribution in [2.45, 2.75) is 39.2 Å². The van der Waals surface area contributed by atoms with Gasteiger partial charge < -0.3 is 5.73 Å². The maximum atomic E-state index is 5.57. The molecule has 1 aliphatic carbocycles. The lowest BCUT2D eigenvalue weighted by atomic mass is 10.1. The fourth-order valence-corrected chi connectivity index (χ4v) is 2.45. The number of hydrogen-bond acceptors (Lipinski definition) is 2. The molecular formula is C16H26N2. The summed E-state index contributed by atoms with van der Waals surface area (Å²) in [5, 5.41) is 0. The third-order valence-corrected chi connectivity index (χ3v) is 3.62. The summed E-state index contributed by atoms with van der Waals surface area (Å²) in [7, 11) is 0. The van der Waals surface area contributed by atoms with Crippen LogP contribution in [0, 0.1) is 5.92 Å². The second-order valence-electron chi connectivity index (χ2n) is 5.53. The van der Waals surface area contributed by atoms with Crippen molar-refractivity contribution in [2.24, 2.45) is 11.7 Å². The lowest BCUT2D eigenvalue weighted by Gasteiger charge is -2.21. The third-order valence-electron chi connectivity index (χ3n) is 3.62. The maximum absolute atomic E-state index is 5.57. The SMILES string of the molecule is CCCN(Cc1ccc(CCN)cc1)CC1CC1. The van der Waals surface area contributed by atoms with Crippen molar-refractivity contribution < 1.29 is 0 Å². The molecule has 1 fully saturated rings. The molecule has 2 rings (SSSR count). The van der Waals surface area contributed by atoms with Crippen LogP contribution < -0.4 is 5.73 Å². The van der Waals surface area contributed by atoms with E-state index in [1.54, 1.807) is 0 Å². The highest BCUT2D eigenvalue weighted by atomic mass is 15.1. The van der Waals surface area contributed by atoms with Gasteiger partial charge in [0, 0.05) is 13.1 Å². The second-order valence-corrected chi connectivity index (χ2v) is 5.53. The van der Waals surface area contributed by atoms with Crippen molar-refractivity contribution in [1.29, 1.82) is 0 Å². The molecule has 0 radical (unpaired) electrons. The first-order chi connectivity index (χ1) is 8.81. The van der Waals surface area contributed by atoms with Gasteiger partial charge in [0.05, 0.1) is 0 Å². The average Bonchev–Trinajstić information content (AvgIpc) is 3.16. The first-order valence-corrected chi connectivity index (χ1v) is 7.32. The predicted molar refractivity (Wildman–Crippen MR) is 77.5 cm³/mol. The predicted octanol–water partition coefficient (Wildman–Crippen LogP) is 2.81. The summed E-state index contributed by atoms with van der Waals surface area (Å²) in [6.07, 6.45) is 5.12. The Kier molecular flexibility index (Phi) is 5.21. The highest BCUT2D eigenvalue weighted by Gasteiger charge is 2.23. The Morgan fingerprint density at radius 1 is 1.17 bits per heavy atom. The number of hydrogen-bond donors (Lipinski definition) is 1. The van der Waals surface area contributed by atoms with Crippen molar-refractivity contribution >= 4 is 0 Å². The van der Waals surface area contributed by atoms with Gasteiger partial charge in [0.25, 0.3) is 0 Å². The number of benzene rings is 1. The van der Waals surface area contributed by atoms with Crippen LogP contribution in [0.15, 0.2) is 24.3 Å². The fourth-order valence-electron chi connectivity index (χ4n) is 2.45. The average molecular weight is 246 g/mol. The number of rotatable bonds is 8. The van der Waals surface area contributed by atoms with Crippen LogP contribution in [0.2, 0.25) is 0 Å². The van der Waals surface area contributed by atoms with Gasteiger partial charge in [-0.25, -0.2) is 0 Å². The maximum Gasteiger partial charge on any atom is 0.0233 e. The summed E-state index contributed by atoms with van der Waals surface area (Å²) in [4.78, 5) is 2.61. The van der Waals surface area contributed by atoms with E-state index < -0.39 is 0 Å². The quantitative estimate of drug-likeness (QED) is 0.764. The molecule has 0 spiro atoms. The van der Waals surface area contributed by atoms with Crippen molar-refractivity contribution in [2.75, 3.05) is 19.6 Å². The molecule has 18 heavy (non-hydrogen) atoms. The van der Waals surface area contributed by atoms with Crippen molar-refractivity contribution in [3.8, 4) is 0 Å². The minimum atomic E-state index is 0.739. The van der Waals surface area contributed by atoms with E-state index in [0.717, 1.165) is 25.4 Å². The van der Waals surface area contributed by atoms with Crippen LogP contribution in [0.3, 0.4) is 0 Å². The van der Waals surface area contributed by atoms with E-state index >= 15 is 0 Å². The molecule has 100 valence electrons. The van der Waals surface area contributed by atoms with E-state index in [-0.39, 0.29) is 0 Å². The molecule has 0 atom stereocenters. The Balaban J connectivity index is 1.88. The molecule has 0 aliphatic heterocycles. The molecule has 0 amide bonds. The minimum absolute atomic E-state index is 0.739. The lowest BCUT2D eigenvalue weighted by Crippen LogP contribution is -2.26. The molecule has 0 heterocycles. The van der Waals surface area contributed by atoms with Crippen LogP contribution in [0.25, 0.3) is 0 Å². The van der Waals surface area contributed by atoms with Crippen LogP contribution in [-0.2, 0) is 13.0 Å². The van der Waals surface area contributed by atoms with E-state index in [1.165, 1.54) is 43.5 Å². The summed E-state index contributed by atoms with van der Waals surface area (Å²) in [5.74, 6) is 0.980. The third kappa shape index (κ3) is 4.43. The zero-order valence-electron chi connectivity index (χ0n) is 11.6. The molecule has 0 saturated heterocycles. The Bertz CT molecular complexity index is 341. The first kappa shape index (κ1) is 13.6. The minimum Gasteiger partial charge on any atom is -0.330 e. The zero-order valence-corrected chi connectivity index (χ0v) is 11.6. The zero-order chi connectivity index (χ0) is 12.8. The van der Waals surface area contributed by atoms with Gasteiger partial charge in [-0.15, -0.1) is 0 Å². The van der Waals surface area contributed by atoms with Gasteiger partial charge in [0.15, 0.2) is 0 Å². The van der Waals surface area contributed by atoms with E-state index in [4.69, 9.17) is 5.73 Å². The van der Waals surface area contributed by atoms with Crippen LogP contribution in [-0.4, -0.2) is 24.5 Å². The highest BCUT2D eigenvalue weighted by molar-refractivity contribution is 5.22. The van der Waals surface area contributed by atoms with Crippen LogP contribution in [0.1, 0.15) is 37.3 Å². The van der Waals surface area contributed by atoms with E-state index in [2.05, 4.69) is 36.1 Å².